The molecule has 1 unspecified atom stereocenters. The first-order valence-electron chi connectivity index (χ1n) is 7.11. The molecule has 1 atom stereocenters. The molecule has 110 valence electrons. The molecule has 0 bridgehead atoms. The second-order valence-electron chi connectivity index (χ2n) is 5.59. The van der Waals surface area contributed by atoms with Crippen molar-refractivity contribution in [3.63, 3.8) is 0 Å². The SMILES string of the molecule is Cc1cc(NC(CN)C2CC2)c2cc([N+](=O)[O-])ccc2n1. The number of nitro benzene ring substituents is 1. The Kier molecular flexibility index (Phi) is 3.47. The van der Waals surface area contributed by atoms with Crippen molar-refractivity contribution >= 4 is 22.3 Å². The highest BCUT2D eigenvalue weighted by molar-refractivity contribution is 5.93. The summed E-state index contributed by atoms with van der Waals surface area (Å²) in [6, 6.07) is 6.90. The number of non-ortho nitro benzene ring substituents is 1. The van der Waals surface area contributed by atoms with Crippen LogP contribution in [0.1, 0.15) is 18.5 Å². The van der Waals surface area contributed by atoms with Crippen LogP contribution in [0.2, 0.25) is 0 Å². The molecule has 0 aliphatic heterocycles. The van der Waals surface area contributed by atoms with Gasteiger partial charge >= 0.3 is 0 Å². The van der Waals surface area contributed by atoms with Gasteiger partial charge in [-0.2, -0.15) is 0 Å². The van der Waals surface area contributed by atoms with Crippen LogP contribution in [-0.2, 0) is 0 Å². The number of nitrogens with one attached hydrogen (secondary N) is 1. The van der Waals surface area contributed by atoms with Gasteiger partial charge in [-0.1, -0.05) is 0 Å². The summed E-state index contributed by atoms with van der Waals surface area (Å²) in [5, 5.41) is 15.2. The Labute approximate surface area is 122 Å². The number of aryl methyl sites for hydroxylation is 1. The lowest BCUT2D eigenvalue weighted by Crippen LogP contribution is -2.30. The van der Waals surface area contributed by atoms with Crippen LogP contribution in [0.15, 0.2) is 24.3 Å². The molecule has 0 radical (unpaired) electrons. The van der Waals surface area contributed by atoms with Gasteiger partial charge in [0, 0.05) is 41.5 Å². The summed E-state index contributed by atoms with van der Waals surface area (Å²) < 4.78 is 0. The predicted molar refractivity (Wildman–Crippen MR) is 82.3 cm³/mol. The number of pyridine rings is 1. The van der Waals surface area contributed by atoms with Crippen LogP contribution >= 0.6 is 0 Å². The molecule has 1 aromatic heterocycles. The number of aromatic nitrogens is 1. The van der Waals surface area contributed by atoms with E-state index in [1.54, 1.807) is 12.1 Å². The standard InChI is InChI=1S/C15H18N4O2/c1-9-6-14(18-15(8-16)10-2-3-10)12-7-11(19(20)21)4-5-13(12)17-9/h4-7,10,15H,2-3,8,16H2,1H3,(H,17,18). The molecule has 6 nitrogen and oxygen atoms in total. The Hall–Kier alpha value is -2.21. The number of benzene rings is 1. The van der Waals surface area contributed by atoms with E-state index < -0.39 is 0 Å². The number of nitro groups is 1. The topological polar surface area (TPSA) is 94.1 Å². The van der Waals surface area contributed by atoms with Crippen LogP contribution in [0, 0.1) is 23.0 Å². The van der Waals surface area contributed by atoms with Gasteiger partial charge < -0.3 is 11.1 Å². The number of rotatable bonds is 5. The molecular formula is C15H18N4O2. The smallest absolute Gasteiger partial charge is 0.270 e. The fourth-order valence-corrected chi connectivity index (χ4v) is 2.65. The van der Waals surface area contributed by atoms with E-state index in [1.165, 1.54) is 18.9 Å². The van der Waals surface area contributed by atoms with E-state index in [-0.39, 0.29) is 16.7 Å². The second kappa shape index (κ2) is 5.29. The lowest BCUT2D eigenvalue weighted by atomic mass is 10.1. The minimum absolute atomic E-state index is 0.0759. The van der Waals surface area contributed by atoms with Gasteiger partial charge in [0.2, 0.25) is 0 Å². The Bertz CT molecular complexity index is 697. The number of fused-ring (bicyclic) bond motifs is 1. The van der Waals surface area contributed by atoms with Crippen LogP contribution in [-0.4, -0.2) is 22.5 Å². The Morgan fingerprint density at radius 3 is 2.86 bits per heavy atom. The molecule has 1 heterocycles. The van der Waals surface area contributed by atoms with E-state index in [2.05, 4.69) is 10.3 Å². The zero-order valence-corrected chi connectivity index (χ0v) is 11.9. The zero-order chi connectivity index (χ0) is 15.0. The monoisotopic (exact) mass is 286 g/mol. The van der Waals surface area contributed by atoms with Crippen molar-refractivity contribution in [1.29, 1.82) is 0 Å². The molecule has 3 N–H and O–H groups in total. The van der Waals surface area contributed by atoms with Gasteiger partial charge in [-0.25, -0.2) is 0 Å². The normalized spacial score (nSPS) is 15.9. The van der Waals surface area contributed by atoms with Crippen LogP contribution < -0.4 is 11.1 Å². The molecule has 0 spiro atoms. The number of nitrogens with two attached hydrogens (primary N) is 1. The molecule has 3 rings (SSSR count). The van der Waals surface area contributed by atoms with E-state index >= 15 is 0 Å². The maximum absolute atomic E-state index is 11.0. The highest BCUT2D eigenvalue weighted by Crippen LogP contribution is 2.35. The molecule has 1 fully saturated rings. The first-order valence-corrected chi connectivity index (χ1v) is 7.11. The summed E-state index contributed by atoms with van der Waals surface area (Å²) in [6.45, 7) is 2.48. The third kappa shape index (κ3) is 2.80. The molecule has 1 aliphatic carbocycles. The largest absolute Gasteiger partial charge is 0.380 e. The van der Waals surface area contributed by atoms with E-state index in [4.69, 9.17) is 5.73 Å². The summed E-state index contributed by atoms with van der Waals surface area (Å²) in [7, 11) is 0. The van der Waals surface area contributed by atoms with Crippen molar-refractivity contribution in [2.45, 2.75) is 25.8 Å². The van der Waals surface area contributed by atoms with Crippen molar-refractivity contribution in [3.05, 3.63) is 40.1 Å². The lowest BCUT2D eigenvalue weighted by molar-refractivity contribution is -0.384. The molecule has 1 saturated carbocycles. The molecule has 2 aromatic rings. The van der Waals surface area contributed by atoms with Gasteiger partial charge in [0.25, 0.3) is 5.69 Å². The molecule has 0 saturated heterocycles. The van der Waals surface area contributed by atoms with E-state index in [0.29, 0.717) is 12.5 Å². The Morgan fingerprint density at radius 1 is 1.48 bits per heavy atom. The van der Waals surface area contributed by atoms with Crippen molar-refractivity contribution in [2.75, 3.05) is 11.9 Å². The van der Waals surface area contributed by atoms with E-state index in [0.717, 1.165) is 22.3 Å². The van der Waals surface area contributed by atoms with Gasteiger partial charge in [-0.05, 0) is 37.8 Å². The minimum atomic E-state index is -0.385. The van der Waals surface area contributed by atoms with Gasteiger partial charge in [0.15, 0.2) is 0 Å². The zero-order valence-electron chi connectivity index (χ0n) is 11.9. The fraction of sp³-hybridized carbons (Fsp3) is 0.400. The van der Waals surface area contributed by atoms with Gasteiger partial charge in [0.05, 0.1) is 10.4 Å². The highest BCUT2D eigenvalue weighted by Gasteiger charge is 2.30. The Balaban J connectivity index is 2.05. The molecule has 1 aliphatic rings. The maximum atomic E-state index is 11.0. The van der Waals surface area contributed by atoms with Crippen LogP contribution in [0.5, 0.6) is 0 Å². The average Bonchev–Trinajstić information content (AvgIpc) is 3.28. The van der Waals surface area contributed by atoms with Gasteiger partial charge in [-0.3, -0.25) is 15.1 Å². The highest BCUT2D eigenvalue weighted by atomic mass is 16.6. The quantitative estimate of drug-likeness (QED) is 0.651. The van der Waals surface area contributed by atoms with Crippen LogP contribution in [0.3, 0.4) is 0 Å². The predicted octanol–water partition coefficient (Wildman–Crippen LogP) is 2.60. The molecule has 21 heavy (non-hydrogen) atoms. The molecule has 1 aromatic carbocycles. The number of hydrogen-bond donors (Lipinski definition) is 2. The number of anilines is 1. The van der Waals surface area contributed by atoms with Crippen molar-refractivity contribution < 1.29 is 4.92 Å². The van der Waals surface area contributed by atoms with Crippen LogP contribution in [0.25, 0.3) is 10.9 Å². The minimum Gasteiger partial charge on any atom is -0.380 e. The fourth-order valence-electron chi connectivity index (χ4n) is 2.65. The lowest BCUT2D eigenvalue weighted by Gasteiger charge is -2.19. The second-order valence-corrected chi connectivity index (χ2v) is 5.59. The van der Waals surface area contributed by atoms with Crippen molar-refractivity contribution in [3.8, 4) is 0 Å². The molecule has 6 heteroatoms. The van der Waals surface area contributed by atoms with Gasteiger partial charge in [-0.15, -0.1) is 0 Å². The number of hydrogen-bond acceptors (Lipinski definition) is 5. The summed E-state index contributed by atoms with van der Waals surface area (Å²) in [5.74, 6) is 0.609. The number of nitrogens with zero attached hydrogens (tertiary/aromatic N) is 2. The summed E-state index contributed by atoms with van der Waals surface area (Å²) in [5.41, 5.74) is 8.43. The third-order valence-electron chi connectivity index (χ3n) is 3.92. The average molecular weight is 286 g/mol. The summed E-state index contributed by atoms with van der Waals surface area (Å²) in [4.78, 5) is 15.0. The first kappa shape index (κ1) is 13.8. The Morgan fingerprint density at radius 2 is 2.24 bits per heavy atom. The molecule has 0 amide bonds. The first-order chi connectivity index (χ1) is 10.1. The van der Waals surface area contributed by atoms with Gasteiger partial charge in [0.1, 0.15) is 0 Å². The summed E-state index contributed by atoms with van der Waals surface area (Å²) in [6.07, 6.45) is 2.38. The van der Waals surface area contributed by atoms with Crippen LogP contribution in [0.4, 0.5) is 11.4 Å². The summed E-state index contributed by atoms with van der Waals surface area (Å²) >= 11 is 0. The molecular weight excluding hydrogens is 268 g/mol. The van der Waals surface area contributed by atoms with Crippen molar-refractivity contribution in [2.24, 2.45) is 11.7 Å². The maximum Gasteiger partial charge on any atom is 0.270 e. The third-order valence-corrected chi connectivity index (χ3v) is 3.92. The van der Waals surface area contributed by atoms with E-state index in [9.17, 15) is 10.1 Å². The van der Waals surface area contributed by atoms with E-state index in [1.807, 2.05) is 13.0 Å². The van der Waals surface area contributed by atoms with Crippen molar-refractivity contribution in [1.82, 2.24) is 4.98 Å².